The third-order valence-corrected chi connectivity index (χ3v) is 5.34. The number of thioether (sulfide) groups is 1. The Morgan fingerprint density at radius 1 is 1.17 bits per heavy atom. The highest BCUT2D eigenvalue weighted by Crippen LogP contribution is 2.35. The fourth-order valence-electron chi connectivity index (χ4n) is 3.17. The van der Waals surface area contributed by atoms with Gasteiger partial charge in [-0.15, -0.1) is 0 Å². The average molecular weight is 263 g/mol. The third kappa shape index (κ3) is 2.44. The molecule has 1 aromatic rings. The number of rotatable bonds is 2. The number of nitrogens with zero attached hydrogens (tertiary/aromatic N) is 1. The summed E-state index contributed by atoms with van der Waals surface area (Å²) in [5.41, 5.74) is 0.462. The first-order chi connectivity index (χ1) is 8.78. The Hall–Kier alpha value is -0.510. The van der Waals surface area contributed by atoms with Crippen molar-refractivity contribution in [3.8, 4) is 0 Å². The highest BCUT2D eigenvalue weighted by atomic mass is 32.2. The van der Waals surface area contributed by atoms with E-state index in [2.05, 4.69) is 28.8 Å². The number of aliphatic hydroxyl groups is 1. The second-order valence-electron chi connectivity index (χ2n) is 5.46. The third-order valence-electron chi connectivity index (χ3n) is 4.30. The van der Waals surface area contributed by atoms with E-state index in [0.29, 0.717) is 6.04 Å². The zero-order valence-electron chi connectivity index (χ0n) is 10.7. The minimum atomic E-state index is -0.619. The van der Waals surface area contributed by atoms with Gasteiger partial charge in [0.2, 0.25) is 0 Å². The van der Waals surface area contributed by atoms with Gasteiger partial charge < -0.3 is 5.11 Å². The molecule has 2 nitrogen and oxygen atoms in total. The molecule has 1 aromatic carbocycles. The lowest BCUT2D eigenvalue weighted by atomic mass is 9.93. The molecule has 1 N–H and O–H groups in total. The molecule has 0 aliphatic carbocycles. The van der Waals surface area contributed by atoms with Gasteiger partial charge in [-0.3, -0.25) is 4.90 Å². The number of hydrogen-bond donors (Lipinski definition) is 1. The smallest absolute Gasteiger partial charge is 0.103 e. The molecule has 0 aromatic heterocycles. The van der Waals surface area contributed by atoms with Gasteiger partial charge in [-0.2, -0.15) is 11.8 Å². The molecule has 18 heavy (non-hydrogen) atoms. The second kappa shape index (κ2) is 5.24. The maximum absolute atomic E-state index is 10.8. The Labute approximate surface area is 113 Å². The van der Waals surface area contributed by atoms with E-state index in [4.69, 9.17) is 0 Å². The summed E-state index contributed by atoms with van der Waals surface area (Å²) in [6.45, 7) is 1.85. The Morgan fingerprint density at radius 3 is 2.61 bits per heavy atom. The summed E-state index contributed by atoms with van der Waals surface area (Å²) < 4.78 is 0. The van der Waals surface area contributed by atoms with Crippen molar-refractivity contribution in [3.05, 3.63) is 35.9 Å². The van der Waals surface area contributed by atoms with Gasteiger partial charge in [0.1, 0.15) is 5.60 Å². The molecule has 1 atom stereocenters. The molecule has 0 radical (unpaired) electrons. The average Bonchev–Trinajstić information content (AvgIpc) is 2.85. The van der Waals surface area contributed by atoms with Gasteiger partial charge >= 0.3 is 0 Å². The van der Waals surface area contributed by atoms with Crippen molar-refractivity contribution in [2.45, 2.75) is 30.9 Å². The molecular formula is C15H21NOS. The van der Waals surface area contributed by atoms with E-state index < -0.39 is 5.60 Å². The molecule has 3 heteroatoms. The zero-order valence-corrected chi connectivity index (χ0v) is 11.5. The molecule has 3 rings (SSSR count). The second-order valence-corrected chi connectivity index (χ2v) is 6.69. The zero-order chi connectivity index (χ0) is 12.4. The number of β-amino-alcohol motifs (C(OH)–C–C–N with tert-alkyl or cyclic N) is 1. The van der Waals surface area contributed by atoms with Crippen LogP contribution in [0.2, 0.25) is 0 Å². The topological polar surface area (TPSA) is 23.5 Å². The van der Waals surface area contributed by atoms with Crippen LogP contribution in [0, 0.1) is 0 Å². The van der Waals surface area contributed by atoms with Crippen LogP contribution in [0.4, 0.5) is 0 Å². The minimum Gasteiger partial charge on any atom is -0.384 e. The van der Waals surface area contributed by atoms with Gasteiger partial charge in [-0.05, 0) is 36.3 Å². The molecule has 2 heterocycles. The lowest BCUT2D eigenvalue weighted by molar-refractivity contribution is 0.0397. The molecular weight excluding hydrogens is 242 g/mol. The van der Waals surface area contributed by atoms with Gasteiger partial charge in [-0.1, -0.05) is 30.3 Å². The first-order valence-electron chi connectivity index (χ1n) is 6.88. The van der Waals surface area contributed by atoms with Crippen LogP contribution >= 0.6 is 11.8 Å². The summed E-state index contributed by atoms with van der Waals surface area (Å²) >= 11 is 2.06. The van der Waals surface area contributed by atoms with Gasteiger partial charge in [-0.25, -0.2) is 0 Å². The van der Waals surface area contributed by atoms with Crippen molar-refractivity contribution in [2.75, 3.05) is 24.6 Å². The molecule has 2 aliphatic rings. The maximum atomic E-state index is 10.8. The van der Waals surface area contributed by atoms with Crippen LogP contribution in [0.15, 0.2) is 30.3 Å². The van der Waals surface area contributed by atoms with Crippen molar-refractivity contribution in [2.24, 2.45) is 0 Å². The molecule has 0 spiro atoms. The molecule has 2 saturated heterocycles. The fourth-order valence-corrected chi connectivity index (χ4v) is 4.25. The van der Waals surface area contributed by atoms with E-state index in [1.165, 1.54) is 24.3 Å². The lowest BCUT2D eigenvalue weighted by Crippen LogP contribution is -2.39. The van der Waals surface area contributed by atoms with Crippen LogP contribution in [0.5, 0.6) is 0 Å². The molecule has 0 saturated carbocycles. The van der Waals surface area contributed by atoms with E-state index in [1.54, 1.807) is 0 Å². The fraction of sp³-hybridized carbons (Fsp3) is 0.600. The lowest BCUT2D eigenvalue weighted by Gasteiger charge is -2.32. The summed E-state index contributed by atoms with van der Waals surface area (Å²) in [5.74, 6) is 2.57. The van der Waals surface area contributed by atoms with E-state index in [-0.39, 0.29) is 0 Å². The van der Waals surface area contributed by atoms with Crippen LogP contribution in [0.1, 0.15) is 24.8 Å². The standard InChI is InChI=1S/C15H21NOS/c17-15(13-4-2-1-3-5-13)8-9-16(12-15)14-6-10-18-11-7-14/h1-5,14,17H,6-12H2/t15-/m1/s1. The Balaban J connectivity index is 1.70. The van der Waals surface area contributed by atoms with E-state index in [1.807, 2.05) is 18.2 Å². The summed E-state index contributed by atoms with van der Waals surface area (Å²) in [6.07, 6.45) is 3.45. The number of hydrogen-bond acceptors (Lipinski definition) is 3. The number of likely N-dealkylation sites (tertiary alicyclic amines) is 1. The van der Waals surface area contributed by atoms with Crippen LogP contribution in [-0.2, 0) is 5.60 Å². The molecule has 2 aliphatic heterocycles. The van der Waals surface area contributed by atoms with E-state index in [0.717, 1.165) is 25.1 Å². The monoisotopic (exact) mass is 263 g/mol. The van der Waals surface area contributed by atoms with Gasteiger partial charge in [0, 0.05) is 19.1 Å². The highest BCUT2D eigenvalue weighted by molar-refractivity contribution is 7.99. The van der Waals surface area contributed by atoms with Gasteiger partial charge in [0.25, 0.3) is 0 Å². The van der Waals surface area contributed by atoms with Crippen LogP contribution in [-0.4, -0.2) is 40.6 Å². The van der Waals surface area contributed by atoms with Crippen molar-refractivity contribution < 1.29 is 5.11 Å². The molecule has 0 unspecified atom stereocenters. The van der Waals surface area contributed by atoms with Crippen molar-refractivity contribution >= 4 is 11.8 Å². The van der Waals surface area contributed by atoms with Crippen LogP contribution in [0.25, 0.3) is 0 Å². The molecule has 0 amide bonds. The van der Waals surface area contributed by atoms with E-state index >= 15 is 0 Å². The maximum Gasteiger partial charge on any atom is 0.103 e. The normalized spacial score (nSPS) is 30.7. The Kier molecular flexibility index (Phi) is 3.64. The molecule has 98 valence electrons. The van der Waals surface area contributed by atoms with Gasteiger partial charge in [0.05, 0.1) is 0 Å². The summed E-state index contributed by atoms with van der Waals surface area (Å²) in [7, 11) is 0. The quantitative estimate of drug-likeness (QED) is 0.887. The molecule has 2 fully saturated rings. The van der Waals surface area contributed by atoms with Crippen LogP contribution in [0.3, 0.4) is 0 Å². The first kappa shape index (κ1) is 12.5. The largest absolute Gasteiger partial charge is 0.384 e. The Morgan fingerprint density at radius 2 is 1.89 bits per heavy atom. The van der Waals surface area contributed by atoms with Crippen molar-refractivity contribution in [1.29, 1.82) is 0 Å². The first-order valence-corrected chi connectivity index (χ1v) is 8.03. The van der Waals surface area contributed by atoms with E-state index in [9.17, 15) is 5.11 Å². The molecule has 0 bridgehead atoms. The summed E-state index contributed by atoms with van der Waals surface area (Å²) in [6, 6.07) is 10.9. The van der Waals surface area contributed by atoms with Crippen LogP contribution < -0.4 is 0 Å². The Bertz CT molecular complexity index is 391. The number of benzene rings is 1. The highest BCUT2D eigenvalue weighted by Gasteiger charge is 2.40. The SMILES string of the molecule is O[C@]1(c2ccccc2)CCN(C2CCSCC2)C1. The predicted molar refractivity (Wildman–Crippen MR) is 76.9 cm³/mol. The summed E-state index contributed by atoms with van der Waals surface area (Å²) in [5, 5.41) is 10.8. The predicted octanol–water partition coefficient (Wildman–Crippen LogP) is 2.48. The minimum absolute atomic E-state index is 0.619. The van der Waals surface area contributed by atoms with Gasteiger partial charge in [0.15, 0.2) is 0 Å². The van der Waals surface area contributed by atoms with Crippen molar-refractivity contribution in [1.82, 2.24) is 4.90 Å². The summed E-state index contributed by atoms with van der Waals surface area (Å²) in [4.78, 5) is 2.51. The van der Waals surface area contributed by atoms with Crippen molar-refractivity contribution in [3.63, 3.8) is 0 Å².